The fourth-order valence-electron chi connectivity index (χ4n) is 1.27. The Labute approximate surface area is 126 Å². The lowest BCUT2D eigenvalue weighted by molar-refractivity contribution is -0.142. The minimum atomic E-state index is -1.05. The lowest BCUT2D eigenvalue weighted by atomic mass is 10.2. The normalized spacial score (nSPS) is 10.7. The molecule has 0 aliphatic rings. The van der Waals surface area contributed by atoms with Crippen LogP contribution in [-0.4, -0.2) is 36.7 Å². The fourth-order valence-corrected chi connectivity index (χ4v) is 1.63. The molecular formula is C13H13Cl2NO4. The molecule has 108 valence electrons. The number of carbonyl (C=O) groups excluding carboxylic acids is 1. The summed E-state index contributed by atoms with van der Waals surface area (Å²) in [6, 6.07) is 4.94. The molecule has 2 N–H and O–H groups in total. The molecule has 1 aromatic rings. The van der Waals surface area contributed by atoms with Gasteiger partial charge in [0.2, 0.25) is 5.91 Å². The zero-order valence-corrected chi connectivity index (χ0v) is 11.9. The maximum absolute atomic E-state index is 11.5. The molecule has 5 nitrogen and oxygen atoms in total. The summed E-state index contributed by atoms with van der Waals surface area (Å²) in [5.74, 6) is -1.38. The van der Waals surface area contributed by atoms with Gasteiger partial charge in [0.1, 0.15) is 6.61 Å². The largest absolute Gasteiger partial charge is 0.480 e. The number of benzene rings is 1. The second kappa shape index (κ2) is 8.58. The SMILES string of the molecule is O=C(O)COCCNC(=O)C=Cc1cc(Cl)ccc1Cl. The molecule has 1 aromatic carbocycles. The van der Waals surface area contributed by atoms with Gasteiger partial charge in [-0.1, -0.05) is 23.2 Å². The Hall–Kier alpha value is -1.56. The van der Waals surface area contributed by atoms with Gasteiger partial charge >= 0.3 is 5.97 Å². The lowest BCUT2D eigenvalue weighted by Gasteiger charge is -2.02. The molecule has 0 aliphatic carbocycles. The van der Waals surface area contributed by atoms with Gasteiger partial charge in [-0.2, -0.15) is 0 Å². The molecule has 0 saturated carbocycles. The number of ether oxygens (including phenoxy) is 1. The molecule has 1 amide bonds. The molecule has 0 unspecified atom stereocenters. The van der Waals surface area contributed by atoms with E-state index in [-0.39, 0.29) is 25.7 Å². The third-order valence-corrected chi connectivity index (χ3v) is 2.72. The Bertz CT molecular complexity index is 517. The van der Waals surface area contributed by atoms with Crippen LogP contribution in [0.4, 0.5) is 0 Å². The van der Waals surface area contributed by atoms with Crippen LogP contribution in [0.25, 0.3) is 6.08 Å². The fraction of sp³-hybridized carbons (Fsp3) is 0.231. The molecule has 7 heteroatoms. The number of hydrogen-bond donors (Lipinski definition) is 2. The van der Waals surface area contributed by atoms with Gasteiger partial charge in [0.05, 0.1) is 6.61 Å². The van der Waals surface area contributed by atoms with Crippen molar-refractivity contribution >= 4 is 41.2 Å². The Morgan fingerprint density at radius 3 is 2.80 bits per heavy atom. The van der Waals surface area contributed by atoms with Crippen LogP contribution in [-0.2, 0) is 14.3 Å². The number of halogens is 2. The van der Waals surface area contributed by atoms with E-state index in [0.29, 0.717) is 15.6 Å². The van der Waals surface area contributed by atoms with E-state index in [1.807, 2.05) is 0 Å². The number of amides is 1. The first kappa shape index (κ1) is 16.5. The van der Waals surface area contributed by atoms with E-state index >= 15 is 0 Å². The van der Waals surface area contributed by atoms with Crippen LogP contribution in [0.15, 0.2) is 24.3 Å². The highest BCUT2D eigenvalue weighted by atomic mass is 35.5. The highest BCUT2D eigenvalue weighted by Crippen LogP contribution is 2.21. The molecule has 0 heterocycles. The van der Waals surface area contributed by atoms with Crippen molar-refractivity contribution in [2.75, 3.05) is 19.8 Å². The summed E-state index contributed by atoms with van der Waals surface area (Å²) in [7, 11) is 0. The maximum Gasteiger partial charge on any atom is 0.329 e. The van der Waals surface area contributed by atoms with Crippen LogP contribution in [0.3, 0.4) is 0 Å². The van der Waals surface area contributed by atoms with Crippen molar-refractivity contribution in [1.82, 2.24) is 5.32 Å². The zero-order valence-electron chi connectivity index (χ0n) is 10.4. The molecule has 0 fully saturated rings. The monoisotopic (exact) mass is 317 g/mol. The van der Waals surface area contributed by atoms with Crippen LogP contribution in [0, 0.1) is 0 Å². The van der Waals surface area contributed by atoms with Crippen molar-refractivity contribution < 1.29 is 19.4 Å². The molecule has 20 heavy (non-hydrogen) atoms. The van der Waals surface area contributed by atoms with Crippen LogP contribution >= 0.6 is 23.2 Å². The standard InChI is InChI=1S/C13H13Cl2NO4/c14-10-2-3-11(15)9(7-10)1-4-12(17)16-5-6-20-8-13(18)19/h1-4,7H,5-6,8H2,(H,16,17)(H,18,19). The predicted molar refractivity (Wildman–Crippen MR) is 77.0 cm³/mol. The van der Waals surface area contributed by atoms with Crippen molar-refractivity contribution in [3.63, 3.8) is 0 Å². The molecule has 0 radical (unpaired) electrons. The first-order valence-corrected chi connectivity index (χ1v) is 6.45. The van der Waals surface area contributed by atoms with Crippen molar-refractivity contribution in [1.29, 1.82) is 0 Å². The van der Waals surface area contributed by atoms with Crippen LogP contribution in [0.2, 0.25) is 10.0 Å². The number of carbonyl (C=O) groups is 2. The van der Waals surface area contributed by atoms with Gasteiger partial charge in [-0.15, -0.1) is 0 Å². The van der Waals surface area contributed by atoms with E-state index in [2.05, 4.69) is 5.32 Å². The summed E-state index contributed by atoms with van der Waals surface area (Å²) < 4.78 is 4.77. The summed E-state index contributed by atoms with van der Waals surface area (Å²) >= 11 is 11.8. The number of carboxylic acid groups (broad SMARTS) is 1. The second-order valence-corrected chi connectivity index (χ2v) is 4.58. The first-order chi connectivity index (χ1) is 9.49. The van der Waals surface area contributed by atoms with Crippen molar-refractivity contribution in [2.45, 2.75) is 0 Å². The van der Waals surface area contributed by atoms with E-state index in [1.165, 1.54) is 6.08 Å². The summed E-state index contributed by atoms with van der Waals surface area (Å²) in [6.45, 7) is -0.0344. The van der Waals surface area contributed by atoms with Crippen LogP contribution in [0.1, 0.15) is 5.56 Å². The lowest BCUT2D eigenvalue weighted by Crippen LogP contribution is -2.26. The molecule has 0 aliphatic heterocycles. The number of carboxylic acids is 1. The molecule has 0 atom stereocenters. The minimum absolute atomic E-state index is 0.129. The highest BCUT2D eigenvalue weighted by Gasteiger charge is 2.00. The third-order valence-electron chi connectivity index (χ3n) is 2.14. The quantitative estimate of drug-likeness (QED) is 0.597. The van der Waals surface area contributed by atoms with Gasteiger partial charge in [0, 0.05) is 22.7 Å². The average molecular weight is 318 g/mol. The Morgan fingerprint density at radius 1 is 1.35 bits per heavy atom. The second-order valence-electron chi connectivity index (χ2n) is 3.74. The van der Waals surface area contributed by atoms with Gasteiger partial charge in [0.25, 0.3) is 0 Å². The van der Waals surface area contributed by atoms with E-state index in [0.717, 1.165) is 0 Å². The Balaban J connectivity index is 2.36. The predicted octanol–water partition coefficient (Wildman–Crippen LogP) is 2.22. The van der Waals surface area contributed by atoms with Gasteiger partial charge in [0.15, 0.2) is 0 Å². The third kappa shape index (κ3) is 6.56. The smallest absolute Gasteiger partial charge is 0.329 e. The van der Waals surface area contributed by atoms with Crippen molar-refractivity contribution in [2.24, 2.45) is 0 Å². The zero-order chi connectivity index (χ0) is 15.0. The molecular weight excluding hydrogens is 305 g/mol. The minimum Gasteiger partial charge on any atom is -0.480 e. The molecule has 0 aromatic heterocycles. The molecule has 0 bridgehead atoms. The van der Waals surface area contributed by atoms with Gasteiger partial charge in [-0.05, 0) is 29.8 Å². The summed E-state index contributed by atoms with van der Waals surface area (Å²) in [6.07, 6.45) is 2.86. The van der Waals surface area contributed by atoms with Gasteiger partial charge in [-0.25, -0.2) is 4.79 Å². The number of nitrogens with one attached hydrogen (secondary N) is 1. The first-order valence-electron chi connectivity index (χ1n) is 5.69. The number of hydrogen-bond acceptors (Lipinski definition) is 3. The van der Waals surface area contributed by atoms with E-state index in [1.54, 1.807) is 24.3 Å². The van der Waals surface area contributed by atoms with E-state index < -0.39 is 5.97 Å². The molecule has 0 saturated heterocycles. The number of aliphatic carboxylic acids is 1. The molecule has 1 rings (SSSR count). The van der Waals surface area contributed by atoms with E-state index in [4.69, 9.17) is 33.0 Å². The van der Waals surface area contributed by atoms with Gasteiger partial charge in [-0.3, -0.25) is 4.79 Å². The number of rotatable bonds is 7. The van der Waals surface area contributed by atoms with Crippen LogP contribution < -0.4 is 5.32 Å². The summed E-state index contributed by atoms with van der Waals surface area (Å²) in [4.78, 5) is 21.6. The molecule has 0 spiro atoms. The van der Waals surface area contributed by atoms with E-state index in [9.17, 15) is 9.59 Å². The summed E-state index contributed by atoms with van der Waals surface area (Å²) in [5, 5.41) is 11.9. The highest BCUT2D eigenvalue weighted by molar-refractivity contribution is 6.34. The van der Waals surface area contributed by atoms with Gasteiger partial charge < -0.3 is 15.2 Å². The Morgan fingerprint density at radius 2 is 2.10 bits per heavy atom. The summed E-state index contributed by atoms with van der Waals surface area (Å²) in [5.41, 5.74) is 0.636. The topological polar surface area (TPSA) is 75.6 Å². The van der Waals surface area contributed by atoms with Crippen molar-refractivity contribution in [3.05, 3.63) is 39.9 Å². The Kier molecular flexibility index (Phi) is 7.08. The maximum atomic E-state index is 11.5. The average Bonchev–Trinajstić information content (AvgIpc) is 2.39. The van der Waals surface area contributed by atoms with Crippen molar-refractivity contribution in [3.8, 4) is 0 Å². The van der Waals surface area contributed by atoms with Crippen LogP contribution in [0.5, 0.6) is 0 Å².